The first kappa shape index (κ1) is 14.7. The molecule has 0 fully saturated rings. The molecule has 2 rings (SSSR count). The van der Waals surface area contributed by atoms with E-state index in [1.54, 1.807) is 0 Å². The summed E-state index contributed by atoms with van der Waals surface area (Å²) in [5.41, 5.74) is 2.42. The summed E-state index contributed by atoms with van der Waals surface area (Å²) in [6, 6.07) is 9.26. The Morgan fingerprint density at radius 2 is 1.80 bits per heavy atom. The number of aryl methyl sites for hydroxylation is 2. The van der Waals surface area contributed by atoms with E-state index < -0.39 is 11.6 Å². The van der Waals surface area contributed by atoms with Gasteiger partial charge in [0, 0.05) is 10.5 Å². The van der Waals surface area contributed by atoms with Crippen LogP contribution in [0.2, 0.25) is 0 Å². The number of hydrogen-bond donors (Lipinski definition) is 0. The quantitative estimate of drug-likeness (QED) is 0.607. The molecule has 0 radical (unpaired) electrons. The lowest BCUT2D eigenvalue weighted by Crippen LogP contribution is -2.03. The van der Waals surface area contributed by atoms with Crippen LogP contribution < -0.4 is 0 Å². The van der Waals surface area contributed by atoms with Crippen LogP contribution in [0.4, 0.5) is 8.78 Å². The van der Waals surface area contributed by atoms with Gasteiger partial charge in [0.05, 0.1) is 5.75 Å². The first-order valence-electron chi connectivity index (χ1n) is 6.15. The summed E-state index contributed by atoms with van der Waals surface area (Å²) in [4.78, 5) is 13.0. The third-order valence-corrected chi connectivity index (χ3v) is 4.10. The summed E-state index contributed by atoms with van der Waals surface area (Å²) >= 11 is 1.41. The van der Waals surface area contributed by atoms with E-state index in [1.165, 1.54) is 17.8 Å². The molecule has 0 unspecified atom stereocenters. The SMILES string of the molecule is Cc1ccc(C)c(SCC(=O)c2ccc(F)c(F)c2)c1. The van der Waals surface area contributed by atoms with Crippen molar-refractivity contribution >= 4 is 17.5 Å². The molecule has 0 saturated carbocycles. The standard InChI is InChI=1S/C16H14F2OS/c1-10-3-4-11(2)16(7-10)20-9-15(19)12-5-6-13(17)14(18)8-12/h3-8H,9H2,1-2H3. The van der Waals surface area contributed by atoms with Crippen molar-refractivity contribution < 1.29 is 13.6 Å². The van der Waals surface area contributed by atoms with Gasteiger partial charge in [-0.15, -0.1) is 11.8 Å². The second-order valence-corrected chi connectivity index (χ2v) is 5.63. The molecule has 1 nitrogen and oxygen atoms in total. The number of thioether (sulfide) groups is 1. The first-order valence-corrected chi connectivity index (χ1v) is 7.14. The van der Waals surface area contributed by atoms with Gasteiger partial charge in [-0.05, 0) is 43.7 Å². The average Bonchev–Trinajstić information content (AvgIpc) is 2.42. The highest BCUT2D eigenvalue weighted by molar-refractivity contribution is 8.00. The van der Waals surface area contributed by atoms with Gasteiger partial charge >= 0.3 is 0 Å². The summed E-state index contributed by atoms with van der Waals surface area (Å²) < 4.78 is 25.9. The highest BCUT2D eigenvalue weighted by Crippen LogP contribution is 2.24. The molecule has 4 heteroatoms. The molecule has 0 aliphatic carbocycles. The Hall–Kier alpha value is -1.68. The van der Waals surface area contributed by atoms with Crippen molar-refractivity contribution in [1.82, 2.24) is 0 Å². The predicted octanol–water partition coefficient (Wildman–Crippen LogP) is 4.56. The van der Waals surface area contributed by atoms with Crippen molar-refractivity contribution in [2.45, 2.75) is 18.7 Å². The zero-order valence-corrected chi connectivity index (χ0v) is 12.1. The van der Waals surface area contributed by atoms with Crippen molar-refractivity contribution in [2.24, 2.45) is 0 Å². The summed E-state index contributed by atoms with van der Waals surface area (Å²) in [5.74, 6) is -1.94. The fraction of sp³-hybridized carbons (Fsp3) is 0.188. The Balaban J connectivity index is 2.08. The molecule has 0 bridgehead atoms. The van der Waals surface area contributed by atoms with Crippen molar-refractivity contribution in [3.63, 3.8) is 0 Å². The third kappa shape index (κ3) is 3.45. The van der Waals surface area contributed by atoms with Crippen LogP contribution in [-0.2, 0) is 0 Å². The lowest BCUT2D eigenvalue weighted by molar-refractivity contribution is 0.102. The van der Waals surface area contributed by atoms with Gasteiger partial charge in [-0.25, -0.2) is 8.78 Å². The predicted molar refractivity (Wildman–Crippen MR) is 77.3 cm³/mol. The molecule has 0 aliphatic heterocycles. The topological polar surface area (TPSA) is 17.1 Å². The number of hydrogen-bond acceptors (Lipinski definition) is 2. The van der Waals surface area contributed by atoms with Gasteiger partial charge in [0.25, 0.3) is 0 Å². The van der Waals surface area contributed by atoms with Gasteiger partial charge in [-0.3, -0.25) is 4.79 Å². The Morgan fingerprint density at radius 3 is 2.50 bits per heavy atom. The van der Waals surface area contributed by atoms with E-state index in [9.17, 15) is 13.6 Å². The molecule has 0 heterocycles. The molecule has 0 atom stereocenters. The molecule has 0 spiro atoms. The van der Waals surface area contributed by atoms with Crippen molar-refractivity contribution in [2.75, 3.05) is 5.75 Å². The minimum Gasteiger partial charge on any atom is -0.293 e. The largest absolute Gasteiger partial charge is 0.293 e. The van der Waals surface area contributed by atoms with E-state index in [4.69, 9.17) is 0 Å². The average molecular weight is 292 g/mol. The van der Waals surface area contributed by atoms with Crippen LogP contribution in [0.15, 0.2) is 41.3 Å². The zero-order valence-electron chi connectivity index (χ0n) is 11.2. The summed E-state index contributed by atoms with van der Waals surface area (Å²) in [6.07, 6.45) is 0. The second kappa shape index (κ2) is 6.18. The van der Waals surface area contributed by atoms with E-state index in [2.05, 4.69) is 0 Å². The smallest absolute Gasteiger partial charge is 0.173 e. The monoisotopic (exact) mass is 292 g/mol. The summed E-state index contributed by atoms with van der Waals surface area (Å²) in [6.45, 7) is 3.96. The molecule has 2 aromatic carbocycles. The Labute approximate surface area is 121 Å². The maximum absolute atomic E-state index is 13.1. The van der Waals surface area contributed by atoms with Crippen LogP contribution in [0.5, 0.6) is 0 Å². The van der Waals surface area contributed by atoms with Crippen LogP contribution in [0, 0.1) is 25.5 Å². The van der Waals surface area contributed by atoms with Gasteiger partial charge in [0.15, 0.2) is 17.4 Å². The van der Waals surface area contributed by atoms with Crippen LogP contribution >= 0.6 is 11.8 Å². The van der Waals surface area contributed by atoms with E-state index in [0.29, 0.717) is 0 Å². The number of halogens is 2. The van der Waals surface area contributed by atoms with Crippen molar-refractivity contribution in [3.05, 3.63) is 64.7 Å². The molecule has 104 valence electrons. The molecular weight excluding hydrogens is 278 g/mol. The fourth-order valence-electron chi connectivity index (χ4n) is 1.76. The van der Waals surface area contributed by atoms with E-state index in [-0.39, 0.29) is 17.1 Å². The Kier molecular flexibility index (Phi) is 4.55. The maximum atomic E-state index is 13.1. The number of Topliss-reactive ketones (excluding diaryl/α,β-unsaturated/α-hetero) is 1. The van der Waals surface area contributed by atoms with Crippen LogP contribution in [0.25, 0.3) is 0 Å². The molecular formula is C16H14F2OS. The zero-order chi connectivity index (χ0) is 14.7. The second-order valence-electron chi connectivity index (χ2n) is 4.61. The number of carbonyl (C=O) groups is 1. The minimum atomic E-state index is -0.993. The molecule has 0 N–H and O–H groups in total. The number of carbonyl (C=O) groups excluding carboxylic acids is 1. The van der Waals surface area contributed by atoms with Gasteiger partial charge in [0.1, 0.15) is 0 Å². The van der Waals surface area contributed by atoms with Gasteiger partial charge in [-0.2, -0.15) is 0 Å². The van der Waals surface area contributed by atoms with Crippen LogP contribution in [0.1, 0.15) is 21.5 Å². The van der Waals surface area contributed by atoms with Crippen molar-refractivity contribution in [1.29, 1.82) is 0 Å². The Bertz CT molecular complexity index is 653. The Morgan fingerprint density at radius 1 is 1.05 bits per heavy atom. The number of benzene rings is 2. The molecule has 0 aliphatic rings. The third-order valence-electron chi connectivity index (χ3n) is 2.94. The van der Waals surface area contributed by atoms with E-state index >= 15 is 0 Å². The number of rotatable bonds is 4. The lowest BCUT2D eigenvalue weighted by atomic mass is 10.1. The molecule has 0 saturated heterocycles. The van der Waals surface area contributed by atoms with E-state index in [1.807, 2.05) is 32.0 Å². The highest BCUT2D eigenvalue weighted by Gasteiger charge is 2.11. The van der Waals surface area contributed by atoms with Gasteiger partial charge < -0.3 is 0 Å². The van der Waals surface area contributed by atoms with E-state index in [0.717, 1.165) is 28.2 Å². The summed E-state index contributed by atoms with van der Waals surface area (Å²) in [7, 11) is 0. The molecule has 2 aromatic rings. The van der Waals surface area contributed by atoms with Crippen LogP contribution in [0.3, 0.4) is 0 Å². The highest BCUT2D eigenvalue weighted by atomic mass is 32.2. The fourth-order valence-corrected chi connectivity index (χ4v) is 2.78. The molecule has 20 heavy (non-hydrogen) atoms. The molecule has 0 amide bonds. The minimum absolute atomic E-state index is 0.196. The summed E-state index contributed by atoms with van der Waals surface area (Å²) in [5, 5.41) is 0. The van der Waals surface area contributed by atoms with Gasteiger partial charge in [0.2, 0.25) is 0 Å². The maximum Gasteiger partial charge on any atom is 0.173 e. The van der Waals surface area contributed by atoms with Crippen molar-refractivity contribution in [3.8, 4) is 0 Å². The lowest BCUT2D eigenvalue weighted by Gasteiger charge is -2.06. The van der Waals surface area contributed by atoms with Crippen LogP contribution in [-0.4, -0.2) is 11.5 Å². The number of ketones is 1. The normalized spacial score (nSPS) is 10.6. The van der Waals surface area contributed by atoms with Gasteiger partial charge in [-0.1, -0.05) is 17.7 Å². The first-order chi connectivity index (χ1) is 9.47. The molecule has 0 aromatic heterocycles.